The summed E-state index contributed by atoms with van der Waals surface area (Å²) in [5.74, 6) is 1.14. The first-order valence-electron chi connectivity index (χ1n) is 14.8. The van der Waals surface area contributed by atoms with Crippen molar-refractivity contribution in [3.8, 4) is 11.5 Å². The predicted molar refractivity (Wildman–Crippen MR) is 154 cm³/mol. The van der Waals surface area contributed by atoms with Gasteiger partial charge in [-0.3, -0.25) is 0 Å². The van der Waals surface area contributed by atoms with Crippen molar-refractivity contribution in [3.05, 3.63) is 24.3 Å². The van der Waals surface area contributed by atoms with E-state index in [-0.39, 0.29) is 6.61 Å². The van der Waals surface area contributed by atoms with Crippen molar-refractivity contribution in [2.75, 3.05) is 49.3 Å². The SMILES string of the molecule is COC[C@H]1O[C@@H](O[C@@H]2[C@@H](OC)[C@@H](OC)[C@H](O[C@H]3[C@H](Oc4ccc(OC)cc4)O[C@@H](C)[C@H](O)[C@H]3OC)O[C@H]2C)[C@H](O)[C@@H](OC)[C@@H]1O. The molecule has 3 fully saturated rings. The molecule has 1 aromatic carbocycles. The van der Waals surface area contributed by atoms with Gasteiger partial charge in [0.2, 0.25) is 6.29 Å². The molecule has 4 rings (SSSR count). The molecule has 15 atom stereocenters. The molecule has 0 saturated carbocycles. The van der Waals surface area contributed by atoms with E-state index in [1.54, 1.807) is 45.2 Å². The number of aliphatic hydroxyl groups excluding tert-OH is 3. The van der Waals surface area contributed by atoms with Gasteiger partial charge >= 0.3 is 0 Å². The summed E-state index contributed by atoms with van der Waals surface area (Å²) in [7, 11) is 8.83. The molecular weight excluding hydrogens is 600 g/mol. The van der Waals surface area contributed by atoms with Crippen LogP contribution in [-0.4, -0.2) is 157 Å². The maximum atomic E-state index is 10.9. The molecule has 0 aromatic heterocycles. The topological polar surface area (TPSA) is 171 Å². The van der Waals surface area contributed by atoms with E-state index in [4.69, 9.17) is 56.8 Å². The number of rotatable bonds is 13. The van der Waals surface area contributed by atoms with Gasteiger partial charge in [-0.1, -0.05) is 0 Å². The molecule has 45 heavy (non-hydrogen) atoms. The minimum atomic E-state index is -1.33. The lowest BCUT2D eigenvalue weighted by atomic mass is 9.96. The zero-order valence-corrected chi connectivity index (χ0v) is 26.9. The number of hydrogen-bond acceptors (Lipinski definition) is 15. The van der Waals surface area contributed by atoms with E-state index in [1.165, 1.54) is 35.5 Å². The molecule has 3 N–H and O–H groups in total. The van der Waals surface area contributed by atoms with Crippen LogP contribution in [0.3, 0.4) is 0 Å². The lowest BCUT2D eigenvalue weighted by Gasteiger charge is -2.49. The normalized spacial score (nSPS) is 42.3. The summed E-state index contributed by atoms with van der Waals surface area (Å²) in [4.78, 5) is 0. The lowest BCUT2D eigenvalue weighted by molar-refractivity contribution is -0.379. The van der Waals surface area contributed by atoms with Crippen molar-refractivity contribution < 1.29 is 72.2 Å². The minimum absolute atomic E-state index is 0.0446. The fraction of sp³-hybridized carbons (Fsp3) is 0.800. The molecular formula is C30H48O15. The van der Waals surface area contributed by atoms with Crippen LogP contribution in [-0.2, 0) is 47.4 Å². The third-order valence-corrected chi connectivity index (χ3v) is 8.44. The molecule has 3 heterocycles. The van der Waals surface area contributed by atoms with E-state index in [0.717, 1.165) is 0 Å². The highest BCUT2D eigenvalue weighted by Crippen LogP contribution is 2.35. The molecule has 0 radical (unpaired) electrons. The van der Waals surface area contributed by atoms with Gasteiger partial charge in [0.25, 0.3) is 0 Å². The molecule has 0 aliphatic carbocycles. The van der Waals surface area contributed by atoms with E-state index < -0.39 is 92.1 Å². The van der Waals surface area contributed by atoms with Crippen LogP contribution in [0.1, 0.15) is 13.8 Å². The maximum Gasteiger partial charge on any atom is 0.229 e. The molecule has 0 amide bonds. The van der Waals surface area contributed by atoms with Crippen molar-refractivity contribution in [1.82, 2.24) is 0 Å². The Morgan fingerprint density at radius 1 is 0.556 bits per heavy atom. The van der Waals surface area contributed by atoms with E-state index in [0.29, 0.717) is 11.5 Å². The molecule has 15 nitrogen and oxygen atoms in total. The van der Waals surface area contributed by atoms with Crippen molar-refractivity contribution in [2.45, 2.75) is 106 Å². The Morgan fingerprint density at radius 2 is 1.13 bits per heavy atom. The summed E-state index contributed by atoms with van der Waals surface area (Å²) in [6.07, 6.45) is -14.3. The first-order valence-corrected chi connectivity index (χ1v) is 14.8. The molecule has 3 saturated heterocycles. The highest BCUT2D eigenvalue weighted by molar-refractivity contribution is 5.31. The van der Waals surface area contributed by atoms with Crippen LogP contribution in [0.4, 0.5) is 0 Å². The monoisotopic (exact) mass is 648 g/mol. The first kappa shape index (κ1) is 36.1. The Morgan fingerprint density at radius 3 is 1.71 bits per heavy atom. The predicted octanol–water partition coefficient (Wildman–Crippen LogP) is -0.152. The van der Waals surface area contributed by atoms with E-state index >= 15 is 0 Å². The summed E-state index contributed by atoms with van der Waals surface area (Å²) in [5, 5.41) is 32.5. The Balaban J connectivity index is 1.54. The highest BCUT2D eigenvalue weighted by atomic mass is 16.8. The Bertz CT molecular complexity index is 1020. The Kier molecular flexibility index (Phi) is 13.2. The number of benzene rings is 1. The molecule has 0 spiro atoms. The second kappa shape index (κ2) is 16.4. The van der Waals surface area contributed by atoms with Crippen molar-refractivity contribution >= 4 is 0 Å². The van der Waals surface area contributed by atoms with Crippen LogP contribution < -0.4 is 9.47 Å². The van der Waals surface area contributed by atoms with Gasteiger partial charge in [0, 0.05) is 35.5 Å². The van der Waals surface area contributed by atoms with Crippen LogP contribution in [0, 0.1) is 0 Å². The van der Waals surface area contributed by atoms with Gasteiger partial charge in [-0.25, -0.2) is 0 Å². The largest absolute Gasteiger partial charge is 0.497 e. The van der Waals surface area contributed by atoms with Crippen LogP contribution in [0.15, 0.2) is 24.3 Å². The zero-order valence-electron chi connectivity index (χ0n) is 26.9. The summed E-state index contributed by atoms with van der Waals surface area (Å²) >= 11 is 0. The van der Waals surface area contributed by atoms with Gasteiger partial charge in [0.15, 0.2) is 18.7 Å². The van der Waals surface area contributed by atoms with Crippen molar-refractivity contribution in [3.63, 3.8) is 0 Å². The number of aliphatic hydroxyl groups is 3. The maximum absolute atomic E-state index is 10.9. The fourth-order valence-electron chi connectivity index (χ4n) is 5.98. The molecule has 3 aliphatic heterocycles. The average molecular weight is 649 g/mol. The van der Waals surface area contributed by atoms with E-state index in [9.17, 15) is 15.3 Å². The molecule has 3 aliphatic rings. The third-order valence-electron chi connectivity index (χ3n) is 8.44. The molecule has 15 heteroatoms. The van der Waals surface area contributed by atoms with E-state index in [2.05, 4.69) is 0 Å². The molecule has 0 unspecified atom stereocenters. The minimum Gasteiger partial charge on any atom is -0.497 e. The summed E-state index contributed by atoms with van der Waals surface area (Å²) < 4.78 is 70.2. The zero-order chi connectivity index (χ0) is 32.8. The Labute approximate surface area is 263 Å². The first-order chi connectivity index (χ1) is 21.6. The van der Waals surface area contributed by atoms with E-state index in [1.807, 2.05) is 0 Å². The van der Waals surface area contributed by atoms with Crippen LogP contribution in [0.2, 0.25) is 0 Å². The van der Waals surface area contributed by atoms with Gasteiger partial charge in [-0.2, -0.15) is 0 Å². The second-order valence-electron chi connectivity index (χ2n) is 11.2. The average Bonchev–Trinajstić information content (AvgIpc) is 3.03. The van der Waals surface area contributed by atoms with Crippen molar-refractivity contribution in [1.29, 1.82) is 0 Å². The number of hydrogen-bond donors (Lipinski definition) is 3. The van der Waals surface area contributed by atoms with Gasteiger partial charge in [-0.15, -0.1) is 0 Å². The third kappa shape index (κ3) is 7.89. The lowest BCUT2D eigenvalue weighted by Crippen LogP contribution is -2.66. The van der Waals surface area contributed by atoms with Crippen molar-refractivity contribution in [2.24, 2.45) is 0 Å². The molecule has 0 bridgehead atoms. The van der Waals surface area contributed by atoms with Crippen LogP contribution in [0.5, 0.6) is 11.5 Å². The van der Waals surface area contributed by atoms with Gasteiger partial charge < -0.3 is 72.2 Å². The van der Waals surface area contributed by atoms with Gasteiger partial charge in [0.05, 0.1) is 25.9 Å². The standard InChI is InChI=1S/C30H48O15/c1-14-19(31)24(37-6)27(30(40-14)42-17-11-9-16(35-4)10-12-17)45-29-26(39-8)25(38-7)22(15(2)41-29)44-28-21(33)23(36-5)20(32)18(43-28)13-34-3/h9-12,14-15,18-33H,13H2,1-8H3/t14-,15-,18+,19-,20+,21+,22-,23-,24+,25+,26+,27+,28-,29-,30-/m0/s1. The van der Waals surface area contributed by atoms with Gasteiger partial charge in [-0.05, 0) is 38.1 Å². The number of methoxy groups -OCH3 is 6. The second-order valence-corrected chi connectivity index (χ2v) is 11.2. The highest BCUT2D eigenvalue weighted by Gasteiger charge is 2.54. The summed E-state index contributed by atoms with van der Waals surface area (Å²) in [6, 6.07) is 6.94. The fourth-order valence-corrected chi connectivity index (χ4v) is 5.98. The molecule has 258 valence electrons. The smallest absolute Gasteiger partial charge is 0.229 e. The van der Waals surface area contributed by atoms with Crippen LogP contribution >= 0.6 is 0 Å². The van der Waals surface area contributed by atoms with Crippen LogP contribution in [0.25, 0.3) is 0 Å². The quantitative estimate of drug-likeness (QED) is 0.258. The number of ether oxygens (including phenoxy) is 12. The Hall–Kier alpha value is -1.70. The van der Waals surface area contributed by atoms with Gasteiger partial charge in [0.1, 0.15) is 66.4 Å². The summed E-state index contributed by atoms with van der Waals surface area (Å²) in [5.41, 5.74) is 0. The molecule has 1 aromatic rings. The summed E-state index contributed by atoms with van der Waals surface area (Å²) in [6.45, 7) is 3.50.